The zero-order valence-corrected chi connectivity index (χ0v) is 17.9. The van der Waals surface area contributed by atoms with E-state index in [1.54, 1.807) is 0 Å². The molecule has 6 heteroatoms. The van der Waals surface area contributed by atoms with E-state index in [0.717, 1.165) is 33.9 Å². The van der Waals surface area contributed by atoms with E-state index in [1.807, 2.05) is 58.5 Å². The van der Waals surface area contributed by atoms with E-state index in [0.29, 0.717) is 0 Å². The first kappa shape index (κ1) is 20.9. The van der Waals surface area contributed by atoms with Crippen molar-refractivity contribution in [2.75, 3.05) is 38.0 Å². The number of guanidine groups is 1. The highest BCUT2D eigenvalue weighted by atomic mass is 15.4. The van der Waals surface area contributed by atoms with Crippen molar-refractivity contribution in [3.63, 3.8) is 0 Å². The summed E-state index contributed by atoms with van der Waals surface area (Å²) in [6, 6.07) is 26.0. The average Bonchev–Trinajstić information content (AvgIpc) is 2.75. The number of benzene rings is 3. The topological polar surface area (TPSA) is 69.2 Å². The maximum atomic E-state index is 6.06. The lowest BCUT2D eigenvalue weighted by molar-refractivity contribution is 1.01. The Bertz CT molecular complexity index is 950. The van der Waals surface area contributed by atoms with E-state index >= 15 is 0 Å². The highest BCUT2D eigenvalue weighted by Gasteiger charge is 2.09. The van der Waals surface area contributed by atoms with Crippen LogP contribution in [0.2, 0.25) is 0 Å². The SMILES string of the molecule is CN(C)c1ccc(C(=NNC(N)=Nc2ccccc2)c2ccc(N(C)C)cc2)cc1. The van der Waals surface area contributed by atoms with Gasteiger partial charge in [0.1, 0.15) is 0 Å². The monoisotopic (exact) mass is 400 g/mol. The van der Waals surface area contributed by atoms with Crippen molar-refractivity contribution in [2.24, 2.45) is 15.8 Å². The minimum atomic E-state index is 0.230. The number of hydrogen-bond donors (Lipinski definition) is 2. The summed E-state index contributed by atoms with van der Waals surface area (Å²) in [5.74, 6) is 0.230. The Morgan fingerprint density at radius 1 is 0.700 bits per heavy atom. The molecule has 3 rings (SSSR count). The zero-order valence-electron chi connectivity index (χ0n) is 17.9. The average molecular weight is 401 g/mol. The summed E-state index contributed by atoms with van der Waals surface area (Å²) >= 11 is 0. The van der Waals surface area contributed by atoms with Crippen LogP contribution in [0.1, 0.15) is 11.1 Å². The van der Waals surface area contributed by atoms with Gasteiger partial charge in [0, 0.05) is 50.7 Å². The molecule has 0 amide bonds. The first-order chi connectivity index (χ1) is 14.4. The van der Waals surface area contributed by atoms with E-state index in [4.69, 9.17) is 5.73 Å². The molecule has 0 spiro atoms. The van der Waals surface area contributed by atoms with E-state index in [-0.39, 0.29) is 5.96 Å². The molecule has 0 aromatic heterocycles. The van der Waals surface area contributed by atoms with E-state index < -0.39 is 0 Å². The van der Waals surface area contributed by atoms with Crippen LogP contribution in [0, 0.1) is 0 Å². The van der Waals surface area contributed by atoms with Gasteiger partial charge in [0.15, 0.2) is 0 Å². The third kappa shape index (κ3) is 5.38. The van der Waals surface area contributed by atoms with Gasteiger partial charge in [0.25, 0.3) is 0 Å². The van der Waals surface area contributed by atoms with Gasteiger partial charge in [-0.2, -0.15) is 5.10 Å². The fraction of sp³-hybridized carbons (Fsp3) is 0.167. The number of anilines is 2. The molecule has 0 bridgehead atoms. The zero-order chi connectivity index (χ0) is 21.5. The van der Waals surface area contributed by atoms with Gasteiger partial charge < -0.3 is 15.5 Å². The minimum absolute atomic E-state index is 0.230. The summed E-state index contributed by atoms with van der Waals surface area (Å²) < 4.78 is 0. The fourth-order valence-electron chi connectivity index (χ4n) is 2.91. The molecule has 3 N–H and O–H groups in total. The van der Waals surface area contributed by atoms with Gasteiger partial charge in [-0.1, -0.05) is 42.5 Å². The Hall–Kier alpha value is -3.80. The minimum Gasteiger partial charge on any atom is -0.378 e. The Kier molecular flexibility index (Phi) is 6.70. The number of rotatable bonds is 6. The Balaban J connectivity index is 1.94. The summed E-state index contributed by atoms with van der Waals surface area (Å²) in [5.41, 5.74) is 14.7. The molecule has 3 aromatic carbocycles. The summed E-state index contributed by atoms with van der Waals surface area (Å²) in [6.07, 6.45) is 0. The molecule has 0 aliphatic carbocycles. The summed E-state index contributed by atoms with van der Waals surface area (Å²) in [6.45, 7) is 0. The van der Waals surface area contributed by atoms with Gasteiger partial charge in [0.05, 0.1) is 11.4 Å². The van der Waals surface area contributed by atoms with E-state index in [1.165, 1.54) is 0 Å². The second-order valence-corrected chi connectivity index (χ2v) is 7.29. The van der Waals surface area contributed by atoms with Crippen molar-refractivity contribution < 1.29 is 0 Å². The number of aliphatic imine (C=N–C) groups is 1. The van der Waals surface area contributed by atoms with Crippen LogP contribution in [-0.2, 0) is 0 Å². The second kappa shape index (κ2) is 9.60. The van der Waals surface area contributed by atoms with Crippen LogP contribution < -0.4 is 21.0 Å². The van der Waals surface area contributed by atoms with Crippen molar-refractivity contribution in [1.29, 1.82) is 0 Å². The first-order valence-electron chi connectivity index (χ1n) is 9.72. The molecule has 0 atom stereocenters. The van der Waals surface area contributed by atoms with E-state index in [9.17, 15) is 0 Å². The molecule has 0 aliphatic heterocycles. The summed E-state index contributed by atoms with van der Waals surface area (Å²) in [5, 5.41) is 4.59. The van der Waals surface area contributed by atoms with Crippen LogP contribution >= 0.6 is 0 Å². The second-order valence-electron chi connectivity index (χ2n) is 7.29. The Labute approximate surface area is 178 Å². The van der Waals surface area contributed by atoms with Crippen molar-refractivity contribution >= 4 is 28.7 Å². The molecular weight excluding hydrogens is 372 g/mol. The summed E-state index contributed by atoms with van der Waals surface area (Å²) in [7, 11) is 8.08. The van der Waals surface area contributed by atoms with Crippen LogP contribution in [-0.4, -0.2) is 39.9 Å². The van der Waals surface area contributed by atoms with Gasteiger partial charge >= 0.3 is 0 Å². The molecule has 0 saturated carbocycles. The molecule has 154 valence electrons. The summed E-state index contributed by atoms with van der Waals surface area (Å²) in [4.78, 5) is 8.49. The number of nitrogens with zero attached hydrogens (tertiary/aromatic N) is 4. The quantitative estimate of drug-likeness (QED) is 0.375. The van der Waals surface area contributed by atoms with Crippen LogP contribution in [0.4, 0.5) is 17.1 Å². The molecule has 0 radical (unpaired) electrons. The predicted molar refractivity (Wildman–Crippen MR) is 128 cm³/mol. The van der Waals surface area contributed by atoms with Crippen LogP contribution in [0.3, 0.4) is 0 Å². The lowest BCUT2D eigenvalue weighted by atomic mass is 10.0. The van der Waals surface area contributed by atoms with Crippen LogP contribution in [0.15, 0.2) is 89.0 Å². The van der Waals surface area contributed by atoms with Gasteiger partial charge in [-0.25, -0.2) is 10.4 Å². The van der Waals surface area contributed by atoms with Gasteiger partial charge in [0.2, 0.25) is 5.96 Å². The number of nitrogens with one attached hydrogen (secondary N) is 1. The Morgan fingerprint density at radius 2 is 1.17 bits per heavy atom. The maximum absolute atomic E-state index is 6.06. The number of nitrogens with two attached hydrogens (primary N) is 1. The molecule has 0 heterocycles. The molecule has 0 unspecified atom stereocenters. The largest absolute Gasteiger partial charge is 0.378 e. The van der Waals surface area contributed by atoms with Crippen LogP contribution in [0.5, 0.6) is 0 Å². The van der Waals surface area contributed by atoms with Crippen molar-refractivity contribution in [1.82, 2.24) is 5.43 Å². The smallest absolute Gasteiger partial charge is 0.214 e. The molecule has 30 heavy (non-hydrogen) atoms. The van der Waals surface area contributed by atoms with Gasteiger partial charge in [-0.15, -0.1) is 0 Å². The lowest BCUT2D eigenvalue weighted by Gasteiger charge is -2.15. The molecule has 0 aliphatic rings. The third-order valence-electron chi connectivity index (χ3n) is 4.60. The first-order valence-corrected chi connectivity index (χ1v) is 9.72. The molecule has 6 nitrogen and oxygen atoms in total. The van der Waals surface area contributed by atoms with Crippen molar-refractivity contribution in [3.8, 4) is 0 Å². The van der Waals surface area contributed by atoms with Gasteiger partial charge in [-0.3, -0.25) is 0 Å². The standard InChI is InChI=1S/C24H28N6/c1-29(2)21-14-10-18(11-15-21)23(19-12-16-22(17-13-19)30(3)4)27-28-24(25)26-20-8-6-5-7-9-20/h5-17H,1-4H3,(H3,25,26,28). The fourth-order valence-corrected chi connectivity index (χ4v) is 2.91. The van der Waals surface area contributed by atoms with Gasteiger partial charge in [-0.05, 0) is 36.4 Å². The molecule has 0 fully saturated rings. The number of hydrogen-bond acceptors (Lipinski definition) is 4. The Morgan fingerprint density at radius 3 is 1.60 bits per heavy atom. The number of hydrazone groups is 1. The van der Waals surface area contributed by atoms with E-state index in [2.05, 4.69) is 73.9 Å². The normalized spacial score (nSPS) is 11.0. The molecule has 0 saturated heterocycles. The van der Waals surface area contributed by atoms with Crippen LogP contribution in [0.25, 0.3) is 0 Å². The van der Waals surface area contributed by atoms with Crippen molar-refractivity contribution in [2.45, 2.75) is 0 Å². The highest BCUT2D eigenvalue weighted by molar-refractivity contribution is 6.13. The highest BCUT2D eigenvalue weighted by Crippen LogP contribution is 2.19. The lowest BCUT2D eigenvalue weighted by Crippen LogP contribution is -2.28. The molecule has 3 aromatic rings. The van der Waals surface area contributed by atoms with Crippen molar-refractivity contribution in [3.05, 3.63) is 90.0 Å². The predicted octanol–water partition coefficient (Wildman–Crippen LogP) is 3.81. The maximum Gasteiger partial charge on any atom is 0.214 e. The third-order valence-corrected chi connectivity index (χ3v) is 4.60. The number of para-hydroxylation sites is 1. The molecular formula is C24H28N6.